The Hall–Kier alpha value is -0.890. The lowest BCUT2D eigenvalue weighted by Crippen LogP contribution is -2.60. The fraction of sp³-hybridized carbons (Fsp3) is 0.983. The van der Waals surface area contributed by atoms with Crippen molar-refractivity contribution in [2.24, 2.45) is 0 Å². The zero-order valence-corrected chi connectivity index (χ0v) is 46.5. The molecule has 9 atom stereocenters. The average Bonchev–Trinajstić information content (AvgIpc) is 3.37. The van der Waals surface area contributed by atoms with Gasteiger partial charge in [-0.15, -0.1) is 0 Å². The van der Waals surface area contributed by atoms with E-state index in [1.54, 1.807) is 0 Å². The van der Waals surface area contributed by atoms with Gasteiger partial charge >= 0.3 is 0 Å². The standard InChI is InChI=1S/C60H119NO10/c1-3-5-7-9-11-13-15-17-19-20-21-22-23-24-25-26-27-28-29-30-31-32-34-35-37-39-41-43-45-47-52(63)55(65)51(50-70-60-58(68)57(67)56(66)54(49-62)71-60)61-59(69)53(64)48-46-44-42-40-38-36-33-18-16-14-12-10-8-6-4-2/h51-58,60,62-68H,3-50H2,1-2H3,(H,61,69). The monoisotopic (exact) mass is 1010 g/mol. The first-order chi connectivity index (χ1) is 34.7. The van der Waals surface area contributed by atoms with E-state index in [0.717, 1.165) is 38.5 Å². The number of aliphatic hydroxyl groups is 7. The van der Waals surface area contributed by atoms with Gasteiger partial charge in [0.05, 0.1) is 25.4 Å². The highest BCUT2D eigenvalue weighted by Gasteiger charge is 2.44. The summed E-state index contributed by atoms with van der Waals surface area (Å²) >= 11 is 0. The molecule has 0 aromatic carbocycles. The first-order valence-electron chi connectivity index (χ1n) is 30.9. The van der Waals surface area contributed by atoms with Gasteiger partial charge in [-0.05, 0) is 12.8 Å². The maximum absolute atomic E-state index is 13.2. The number of rotatable bonds is 54. The van der Waals surface area contributed by atoms with Crippen molar-refractivity contribution in [1.29, 1.82) is 0 Å². The van der Waals surface area contributed by atoms with E-state index in [2.05, 4.69) is 19.2 Å². The molecule has 0 saturated carbocycles. The van der Waals surface area contributed by atoms with Crippen LogP contribution in [0.5, 0.6) is 0 Å². The number of carbonyl (C=O) groups excluding carboxylic acids is 1. The Labute approximate surface area is 437 Å². The minimum Gasteiger partial charge on any atom is -0.394 e. The highest BCUT2D eigenvalue weighted by Crippen LogP contribution is 2.24. The lowest BCUT2D eigenvalue weighted by molar-refractivity contribution is -0.303. The van der Waals surface area contributed by atoms with Crippen molar-refractivity contribution in [2.75, 3.05) is 13.2 Å². The molecular formula is C60H119NO10. The van der Waals surface area contributed by atoms with Gasteiger partial charge < -0.3 is 50.5 Å². The number of unbranched alkanes of at least 4 members (excludes halogenated alkanes) is 42. The number of aliphatic hydroxyl groups excluding tert-OH is 7. The summed E-state index contributed by atoms with van der Waals surface area (Å²) in [7, 11) is 0. The van der Waals surface area contributed by atoms with Gasteiger partial charge in [-0.2, -0.15) is 0 Å². The first kappa shape index (κ1) is 68.1. The molecule has 0 radical (unpaired) electrons. The van der Waals surface area contributed by atoms with Gasteiger partial charge in [-0.3, -0.25) is 4.79 Å². The summed E-state index contributed by atoms with van der Waals surface area (Å²) in [6.45, 7) is 3.50. The largest absolute Gasteiger partial charge is 0.394 e. The minimum atomic E-state index is -1.66. The number of hydrogen-bond acceptors (Lipinski definition) is 10. The van der Waals surface area contributed by atoms with Crippen LogP contribution in [0.15, 0.2) is 0 Å². The van der Waals surface area contributed by atoms with Crippen molar-refractivity contribution in [3.8, 4) is 0 Å². The van der Waals surface area contributed by atoms with Gasteiger partial charge in [0.15, 0.2) is 6.29 Å². The topological polar surface area (TPSA) is 189 Å². The molecule has 0 spiro atoms. The highest BCUT2D eigenvalue weighted by molar-refractivity contribution is 5.80. The summed E-state index contributed by atoms with van der Waals surface area (Å²) in [6.07, 6.45) is 46.0. The van der Waals surface area contributed by atoms with Gasteiger partial charge in [0.25, 0.3) is 0 Å². The summed E-state index contributed by atoms with van der Waals surface area (Å²) in [5, 5.41) is 76.2. The quantitative estimate of drug-likeness (QED) is 0.0272. The van der Waals surface area contributed by atoms with E-state index < -0.39 is 74.2 Å². The van der Waals surface area contributed by atoms with Gasteiger partial charge in [0.1, 0.15) is 36.6 Å². The predicted octanol–water partition coefficient (Wildman–Crippen LogP) is 13.4. The zero-order valence-electron chi connectivity index (χ0n) is 46.5. The van der Waals surface area contributed by atoms with Crippen LogP contribution in [-0.4, -0.2) is 110 Å². The van der Waals surface area contributed by atoms with Crippen LogP contribution >= 0.6 is 0 Å². The lowest BCUT2D eigenvalue weighted by Gasteiger charge is -2.40. The highest BCUT2D eigenvalue weighted by atomic mass is 16.7. The van der Waals surface area contributed by atoms with Crippen LogP contribution in [0, 0.1) is 0 Å². The molecule has 0 aliphatic carbocycles. The number of carbonyl (C=O) groups is 1. The zero-order chi connectivity index (χ0) is 51.8. The SMILES string of the molecule is CCCCCCCCCCCCCCCCCCCCCCCCCCCCCCCC(O)C(O)C(COC1OC(CO)C(O)C(O)C1O)NC(=O)C(O)CCCCCCCCCCCCCCCCC. The molecule has 9 unspecified atom stereocenters. The molecule has 0 aromatic rings. The maximum Gasteiger partial charge on any atom is 0.249 e. The van der Waals surface area contributed by atoms with Crippen LogP contribution in [0.3, 0.4) is 0 Å². The summed E-state index contributed by atoms with van der Waals surface area (Å²) in [4.78, 5) is 13.2. The number of ether oxygens (including phenoxy) is 2. The smallest absolute Gasteiger partial charge is 0.249 e. The summed E-state index contributed by atoms with van der Waals surface area (Å²) < 4.78 is 11.2. The maximum atomic E-state index is 13.2. The number of hydrogen-bond donors (Lipinski definition) is 8. The minimum absolute atomic E-state index is 0.267. The lowest BCUT2D eigenvalue weighted by atomic mass is 9.98. The van der Waals surface area contributed by atoms with Crippen LogP contribution in [0.2, 0.25) is 0 Å². The summed E-state index contributed by atoms with van der Waals surface area (Å²) in [5.74, 6) is -0.690. The van der Waals surface area contributed by atoms with E-state index in [-0.39, 0.29) is 6.42 Å². The fourth-order valence-electron chi connectivity index (χ4n) is 10.4. The second-order valence-electron chi connectivity index (χ2n) is 22.1. The molecule has 11 heteroatoms. The van der Waals surface area contributed by atoms with Crippen LogP contribution in [0.4, 0.5) is 0 Å². The van der Waals surface area contributed by atoms with E-state index in [4.69, 9.17) is 9.47 Å². The van der Waals surface area contributed by atoms with Crippen molar-refractivity contribution in [3.63, 3.8) is 0 Å². The number of nitrogens with one attached hydrogen (secondary N) is 1. The van der Waals surface area contributed by atoms with Crippen molar-refractivity contribution in [1.82, 2.24) is 5.32 Å². The Morgan fingerprint density at radius 2 is 0.732 bits per heavy atom. The molecule has 1 aliphatic heterocycles. The van der Waals surface area contributed by atoms with Crippen LogP contribution in [-0.2, 0) is 14.3 Å². The van der Waals surface area contributed by atoms with Gasteiger partial charge in [0.2, 0.25) is 5.91 Å². The molecule has 0 aromatic heterocycles. The van der Waals surface area contributed by atoms with E-state index in [9.17, 15) is 40.5 Å². The molecule has 424 valence electrons. The Bertz CT molecular complexity index is 1120. The van der Waals surface area contributed by atoms with Crippen molar-refractivity contribution in [3.05, 3.63) is 0 Å². The van der Waals surface area contributed by atoms with E-state index in [0.29, 0.717) is 19.3 Å². The van der Waals surface area contributed by atoms with Gasteiger partial charge in [0, 0.05) is 0 Å². The van der Waals surface area contributed by atoms with Crippen molar-refractivity contribution < 1.29 is 50.0 Å². The van der Waals surface area contributed by atoms with E-state index in [1.807, 2.05) is 0 Å². The Balaban J connectivity index is 2.22. The normalized spacial score (nSPS) is 20.0. The van der Waals surface area contributed by atoms with Crippen molar-refractivity contribution in [2.45, 2.75) is 364 Å². The third kappa shape index (κ3) is 38.3. The second-order valence-corrected chi connectivity index (χ2v) is 22.1. The third-order valence-electron chi connectivity index (χ3n) is 15.4. The molecule has 0 bridgehead atoms. The molecule has 71 heavy (non-hydrogen) atoms. The molecule has 1 fully saturated rings. The Kier molecular flexibility index (Phi) is 47.9. The molecule has 1 aliphatic rings. The first-order valence-corrected chi connectivity index (χ1v) is 30.9. The van der Waals surface area contributed by atoms with E-state index in [1.165, 1.54) is 231 Å². The van der Waals surface area contributed by atoms with Gasteiger partial charge in [-0.1, -0.05) is 296 Å². The molecule has 1 amide bonds. The van der Waals surface area contributed by atoms with Crippen LogP contribution < -0.4 is 5.32 Å². The molecule has 1 heterocycles. The summed E-state index contributed by atoms with van der Waals surface area (Å²) in [6, 6.07) is -1.16. The molecule has 1 rings (SSSR count). The second kappa shape index (κ2) is 50.0. The van der Waals surface area contributed by atoms with Crippen LogP contribution in [0.25, 0.3) is 0 Å². The number of amides is 1. The Morgan fingerprint density at radius 3 is 1.04 bits per heavy atom. The summed E-state index contributed by atoms with van der Waals surface area (Å²) in [5.41, 5.74) is 0. The molecular weight excluding hydrogens is 895 g/mol. The third-order valence-corrected chi connectivity index (χ3v) is 15.4. The van der Waals surface area contributed by atoms with E-state index >= 15 is 0 Å². The predicted molar refractivity (Wildman–Crippen MR) is 293 cm³/mol. The van der Waals surface area contributed by atoms with Gasteiger partial charge in [-0.25, -0.2) is 0 Å². The molecule has 11 nitrogen and oxygen atoms in total. The molecule has 1 saturated heterocycles. The molecule has 8 N–H and O–H groups in total. The van der Waals surface area contributed by atoms with Crippen LogP contribution in [0.1, 0.15) is 309 Å². The average molecular weight is 1010 g/mol. The van der Waals surface area contributed by atoms with Crippen molar-refractivity contribution >= 4 is 5.91 Å². The fourth-order valence-corrected chi connectivity index (χ4v) is 10.4. The Morgan fingerprint density at radius 1 is 0.437 bits per heavy atom.